The Morgan fingerprint density at radius 1 is 1.53 bits per heavy atom. The fourth-order valence-corrected chi connectivity index (χ4v) is 2.44. The van der Waals surface area contributed by atoms with Crippen LogP contribution in [0.3, 0.4) is 0 Å². The molecule has 0 aliphatic heterocycles. The van der Waals surface area contributed by atoms with Crippen molar-refractivity contribution in [1.82, 2.24) is 10.3 Å². The Balaban J connectivity index is 2.31. The number of aromatic nitrogens is 1. The van der Waals surface area contributed by atoms with Crippen molar-refractivity contribution in [2.45, 2.75) is 59.1 Å². The molecule has 5 heteroatoms. The predicted molar refractivity (Wildman–Crippen MR) is 78.4 cm³/mol. The maximum absolute atomic E-state index is 11.6. The molecule has 0 amide bonds. The predicted octanol–water partition coefficient (Wildman–Crippen LogP) is 3.09. The van der Waals surface area contributed by atoms with Gasteiger partial charge in [-0.3, -0.25) is 4.79 Å². The molecule has 19 heavy (non-hydrogen) atoms. The molecule has 1 N–H and O–H groups in total. The number of rotatable bonds is 6. The van der Waals surface area contributed by atoms with Crippen LogP contribution in [0.15, 0.2) is 6.20 Å². The lowest BCUT2D eigenvalue weighted by molar-refractivity contribution is -0.154. The zero-order valence-electron chi connectivity index (χ0n) is 12.4. The van der Waals surface area contributed by atoms with Crippen LogP contribution in [-0.2, 0) is 16.0 Å². The normalized spacial score (nSPS) is 13.3. The topological polar surface area (TPSA) is 51.2 Å². The number of esters is 1. The van der Waals surface area contributed by atoms with Gasteiger partial charge in [0.25, 0.3) is 0 Å². The smallest absolute Gasteiger partial charge is 0.307 e. The monoisotopic (exact) mass is 284 g/mol. The molecule has 108 valence electrons. The average molecular weight is 284 g/mol. The summed E-state index contributed by atoms with van der Waals surface area (Å²) in [7, 11) is 0. The van der Waals surface area contributed by atoms with E-state index in [0.717, 1.165) is 11.4 Å². The highest BCUT2D eigenvalue weighted by molar-refractivity contribution is 7.11. The molecule has 1 atom stereocenters. The number of aryl methyl sites for hydroxylation is 1. The molecule has 1 aromatic rings. The Labute approximate surface area is 119 Å². The molecule has 1 aromatic heterocycles. The van der Waals surface area contributed by atoms with Gasteiger partial charge in [-0.1, -0.05) is 6.92 Å². The van der Waals surface area contributed by atoms with E-state index in [4.69, 9.17) is 4.74 Å². The molecular weight excluding hydrogens is 260 g/mol. The standard InChI is InChI=1S/C14H24N2O2S/c1-6-11-9-16-13(19-11)10(2)15-8-7-12(17)18-14(3,4)5/h9-10,15H,6-8H2,1-5H3. The van der Waals surface area contributed by atoms with Crippen molar-refractivity contribution in [3.8, 4) is 0 Å². The van der Waals surface area contributed by atoms with Crippen molar-refractivity contribution in [2.24, 2.45) is 0 Å². The Morgan fingerprint density at radius 2 is 2.21 bits per heavy atom. The van der Waals surface area contributed by atoms with Crippen molar-refractivity contribution >= 4 is 17.3 Å². The van der Waals surface area contributed by atoms with Gasteiger partial charge in [0, 0.05) is 17.6 Å². The van der Waals surface area contributed by atoms with E-state index in [2.05, 4.69) is 24.1 Å². The third-order valence-electron chi connectivity index (χ3n) is 2.49. The average Bonchev–Trinajstić information content (AvgIpc) is 2.74. The Kier molecular flexibility index (Phi) is 5.94. The molecule has 0 saturated carbocycles. The summed E-state index contributed by atoms with van der Waals surface area (Å²) in [6, 6.07) is 0.174. The minimum absolute atomic E-state index is 0.166. The van der Waals surface area contributed by atoms with Crippen LogP contribution >= 0.6 is 11.3 Å². The van der Waals surface area contributed by atoms with Crippen molar-refractivity contribution in [3.63, 3.8) is 0 Å². The summed E-state index contributed by atoms with van der Waals surface area (Å²) >= 11 is 1.72. The van der Waals surface area contributed by atoms with E-state index >= 15 is 0 Å². The minimum Gasteiger partial charge on any atom is -0.460 e. The summed E-state index contributed by atoms with van der Waals surface area (Å²) in [5, 5.41) is 4.37. The van der Waals surface area contributed by atoms with Gasteiger partial charge in [0.15, 0.2) is 0 Å². The molecular formula is C14H24N2O2S. The van der Waals surface area contributed by atoms with Gasteiger partial charge < -0.3 is 10.1 Å². The largest absolute Gasteiger partial charge is 0.460 e. The first-order valence-corrected chi connectivity index (χ1v) is 7.53. The van der Waals surface area contributed by atoms with Crippen LogP contribution in [0, 0.1) is 0 Å². The van der Waals surface area contributed by atoms with Crippen LogP contribution in [0.2, 0.25) is 0 Å². The Morgan fingerprint density at radius 3 is 2.74 bits per heavy atom. The summed E-state index contributed by atoms with van der Waals surface area (Å²) in [6.45, 7) is 10.4. The van der Waals surface area contributed by atoms with Crippen LogP contribution in [0.25, 0.3) is 0 Å². The summed E-state index contributed by atoms with van der Waals surface area (Å²) in [5.74, 6) is -0.166. The van der Waals surface area contributed by atoms with Gasteiger partial charge in [-0.25, -0.2) is 4.98 Å². The van der Waals surface area contributed by atoms with Gasteiger partial charge in [0.1, 0.15) is 10.6 Å². The second kappa shape index (κ2) is 7.01. The third-order valence-corrected chi connectivity index (χ3v) is 3.81. The van der Waals surface area contributed by atoms with Gasteiger partial charge in [-0.05, 0) is 34.1 Å². The number of nitrogens with zero attached hydrogens (tertiary/aromatic N) is 1. The molecule has 4 nitrogen and oxygen atoms in total. The van der Waals surface area contributed by atoms with Crippen LogP contribution in [0.1, 0.15) is 57.0 Å². The van der Waals surface area contributed by atoms with Crippen molar-refractivity contribution in [2.75, 3.05) is 6.54 Å². The minimum atomic E-state index is -0.409. The van der Waals surface area contributed by atoms with Crippen LogP contribution < -0.4 is 5.32 Å². The van der Waals surface area contributed by atoms with Gasteiger partial charge >= 0.3 is 5.97 Å². The fourth-order valence-electron chi connectivity index (χ4n) is 1.56. The number of ether oxygens (including phenoxy) is 1. The molecule has 0 aliphatic rings. The molecule has 1 rings (SSSR count). The molecule has 1 heterocycles. The van der Waals surface area contributed by atoms with Crippen LogP contribution in [0.4, 0.5) is 0 Å². The zero-order valence-corrected chi connectivity index (χ0v) is 13.3. The molecule has 0 aromatic carbocycles. The number of carbonyl (C=O) groups is 1. The van der Waals surface area contributed by atoms with Gasteiger partial charge in [-0.15, -0.1) is 11.3 Å². The summed E-state index contributed by atoms with van der Waals surface area (Å²) < 4.78 is 5.25. The van der Waals surface area contributed by atoms with Crippen LogP contribution in [-0.4, -0.2) is 23.1 Å². The second-order valence-electron chi connectivity index (χ2n) is 5.53. The van der Waals surface area contributed by atoms with Crippen molar-refractivity contribution in [1.29, 1.82) is 0 Å². The highest BCUT2D eigenvalue weighted by Crippen LogP contribution is 2.20. The molecule has 0 fully saturated rings. The van der Waals surface area contributed by atoms with E-state index in [0.29, 0.717) is 13.0 Å². The number of carbonyl (C=O) groups excluding carboxylic acids is 1. The van der Waals surface area contributed by atoms with E-state index in [1.54, 1.807) is 11.3 Å². The van der Waals surface area contributed by atoms with E-state index in [9.17, 15) is 4.79 Å². The van der Waals surface area contributed by atoms with Gasteiger partial charge in [0.2, 0.25) is 0 Å². The molecule has 0 radical (unpaired) electrons. The quantitative estimate of drug-likeness (QED) is 0.816. The highest BCUT2D eigenvalue weighted by Gasteiger charge is 2.16. The SMILES string of the molecule is CCc1cnc(C(C)NCCC(=O)OC(C)(C)C)s1. The molecule has 0 bridgehead atoms. The first kappa shape index (κ1) is 16.1. The molecule has 0 spiro atoms. The second-order valence-corrected chi connectivity index (χ2v) is 6.68. The number of nitrogens with one attached hydrogen (secondary N) is 1. The van der Waals surface area contributed by atoms with Gasteiger partial charge in [-0.2, -0.15) is 0 Å². The third kappa shape index (κ3) is 6.16. The Hall–Kier alpha value is -0.940. The van der Waals surface area contributed by atoms with E-state index in [1.807, 2.05) is 27.0 Å². The van der Waals surface area contributed by atoms with E-state index < -0.39 is 5.60 Å². The van der Waals surface area contributed by atoms with Crippen molar-refractivity contribution in [3.05, 3.63) is 16.1 Å². The molecule has 0 aliphatic carbocycles. The van der Waals surface area contributed by atoms with Crippen LogP contribution in [0.5, 0.6) is 0 Å². The first-order valence-electron chi connectivity index (χ1n) is 6.71. The summed E-state index contributed by atoms with van der Waals surface area (Å²) in [5.41, 5.74) is -0.409. The number of hydrogen-bond acceptors (Lipinski definition) is 5. The molecule has 0 saturated heterocycles. The first-order chi connectivity index (χ1) is 8.81. The Bertz CT molecular complexity index is 410. The zero-order chi connectivity index (χ0) is 14.5. The molecule has 1 unspecified atom stereocenters. The maximum atomic E-state index is 11.6. The van der Waals surface area contributed by atoms with Gasteiger partial charge in [0.05, 0.1) is 12.5 Å². The highest BCUT2D eigenvalue weighted by atomic mass is 32.1. The number of hydrogen-bond donors (Lipinski definition) is 1. The lowest BCUT2D eigenvalue weighted by Gasteiger charge is -2.19. The fraction of sp³-hybridized carbons (Fsp3) is 0.714. The van der Waals surface area contributed by atoms with Crippen molar-refractivity contribution < 1.29 is 9.53 Å². The lowest BCUT2D eigenvalue weighted by atomic mass is 10.2. The van der Waals surface area contributed by atoms with E-state index in [1.165, 1.54) is 4.88 Å². The maximum Gasteiger partial charge on any atom is 0.307 e. The summed E-state index contributed by atoms with van der Waals surface area (Å²) in [4.78, 5) is 17.2. The number of thiazole rings is 1. The van der Waals surface area contributed by atoms with E-state index in [-0.39, 0.29) is 12.0 Å². The summed E-state index contributed by atoms with van der Waals surface area (Å²) in [6.07, 6.45) is 3.32. The lowest BCUT2D eigenvalue weighted by Crippen LogP contribution is -2.27.